The third kappa shape index (κ3) is 10.2. The molecule has 0 bridgehead atoms. The van der Waals surface area contributed by atoms with Gasteiger partial charge in [0.2, 0.25) is 0 Å². The van der Waals surface area contributed by atoms with Gasteiger partial charge in [-0.15, -0.1) is 40.5 Å². The first kappa shape index (κ1) is 40.2. The third-order valence-electron chi connectivity index (χ3n) is 9.02. The van der Waals surface area contributed by atoms with Crippen LogP contribution in [0.25, 0.3) is 43.6 Å². The van der Waals surface area contributed by atoms with E-state index >= 15 is 0 Å². The second kappa shape index (κ2) is 18.1. The zero-order chi connectivity index (χ0) is 35.0. The molecule has 3 heterocycles. The van der Waals surface area contributed by atoms with Gasteiger partial charge in [-0.25, -0.2) is 9.97 Å². The number of benzene rings is 2. The van der Waals surface area contributed by atoms with Crippen molar-refractivity contribution < 1.29 is 30.0 Å². The molecule has 0 spiro atoms. The molecular formula is C42H52IrN3O2S-. The number of nitrogens with zero attached hydrogens (tertiary/aromatic N) is 3. The number of rotatable bonds is 11. The molecule has 2 aromatic carbocycles. The smallest absolute Gasteiger partial charge is 0.162 e. The first-order valence-corrected chi connectivity index (χ1v) is 18.4. The fourth-order valence-corrected chi connectivity index (χ4v) is 7.07. The van der Waals surface area contributed by atoms with Crippen LogP contribution in [-0.2, 0) is 36.7 Å². The molecule has 5 aromatic rings. The SMILES string of the molecule is CC(C)Cc1csc2nc(-c3cc(-c4[c-]c5ccccc5c(C(C)(C)C)c4)ncn3)ccc12.CCC(CC)C(=O)/C=C(\O)C(CC)CC.[Ir]. The molecule has 1 radical (unpaired) electrons. The average molecular weight is 855 g/mol. The Morgan fingerprint density at radius 3 is 2.16 bits per heavy atom. The fourth-order valence-electron chi connectivity index (χ4n) is 6.12. The number of carbonyl (C=O) groups excluding carboxylic acids is 1. The van der Waals surface area contributed by atoms with Gasteiger partial charge in [0, 0.05) is 49.1 Å². The van der Waals surface area contributed by atoms with Gasteiger partial charge in [-0.05, 0) is 72.6 Å². The number of hydrogen-bond donors (Lipinski definition) is 1. The van der Waals surface area contributed by atoms with Gasteiger partial charge in [0.1, 0.15) is 11.2 Å². The predicted octanol–water partition coefficient (Wildman–Crippen LogP) is 11.7. The number of thiophene rings is 1. The molecule has 0 fully saturated rings. The van der Waals surface area contributed by atoms with E-state index in [0.29, 0.717) is 5.92 Å². The number of pyridine rings is 1. The summed E-state index contributed by atoms with van der Waals surface area (Å²) in [5, 5.41) is 15.6. The normalized spacial score (nSPS) is 12.0. The Bertz CT molecular complexity index is 1860. The van der Waals surface area contributed by atoms with Crippen LogP contribution in [0.2, 0.25) is 0 Å². The molecular weight excluding hydrogens is 803 g/mol. The summed E-state index contributed by atoms with van der Waals surface area (Å²) in [5.74, 6) is 1.18. The van der Waals surface area contributed by atoms with Crippen molar-refractivity contribution in [3.63, 3.8) is 0 Å². The van der Waals surface area contributed by atoms with Crippen LogP contribution in [0.5, 0.6) is 0 Å². The van der Waals surface area contributed by atoms with Gasteiger partial charge in [0.05, 0.1) is 17.1 Å². The topological polar surface area (TPSA) is 76.0 Å². The van der Waals surface area contributed by atoms with Crippen molar-refractivity contribution in [2.75, 3.05) is 0 Å². The maximum absolute atomic E-state index is 11.7. The van der Waals surface area contributed by atoms with Crippen LogP contribution in [-0.4, -0.2) is 25.8 Å². The molecule has 49 heavy (non-hydrogen) atoms. The molecule has 5 rings (SSSR count). The maximum Gasteiger partial charge on any atom is 0.162 e. The maximum atomic E-state index is 11.7. The van der Waals surface area contributed by atoms with Gasteiger partial charge in [-0.1, -0.05) is 91.5 Å². The van der Waals surface area contributed by atoms with Gasteiger partial charge in [-0.3, -0.25) is 9.78 Å². The van der Waals surface area contributed by atoms with Crippen LogP contribution in [0.15, 0.2) is 72.1 Å². The number of carbonyl (C=O) groups is 1. The van der Waals surface area contributed by atoms with Crippen molar-refractivity contribution in [3.8, 4) is 22.6 Å². The number of aliphatic hydroxyl groups excluding tert-OH is 1. The molecule has 0 unspecified atom stereocenters. The average Bonchev–Trinajstić information content (AvgIpc) is 3.46. The summed E-state index contributed by atoms with van der Waals surface area (Å²) in [4.78, 5) is 26.9. The Morgan fingerprint density at radius 1 is 0.878 bits per heavy atom. The molecule has 7 heteroatoms. The second-order valence-electron chi connectivity index (χ2n) is 14.1. The summed E-state index contributed by atoms with van der Waals surface area (Å²) >= 11 is 1.71. The monoisotopic (exact) mass is 855 g/mol. The number of aromatic nitrogens is 3. The Hall–Kier alpha value is -3.25. The molecule has 0 atom stereocenters. The van der Waals surface area contributed by atoms with Crippen LogP contribution in [0.3, 0.4) is 0 Å². The van der Waals surface area contributed by atoms with Crippen LogP contribution in [0.1, 0.15) is 99.1 Å². The minimum Gasteiger partial charge on any atom is -0.512 e. The van der Waals surface area contributed by atoms with Gasteiger partial charge < -0.3 is 5.11 Å². The van der Waals surface area contributed by atoms with Crippen molar-refractivity contribution in [2.45, 2.75) is 99.8 Å². The Morgan fingerprint density at radius 2 is 1.53 bits per heavy atom. The molecule has 0 saturated heterocycles. The Labute approximate surface area is 311 Å². The van der Waals surface area contributed by atoms with Crippen LogP contribution < -0.4 is 0 Å². The zero-order valence-corrected chi connectivity index (χ0v) is 33.8. The minimum absolute atomic E-state index is 0. The second-order valence-corrected chi connectivity index (χ2v) is 14.9. The first-order valence-electron chi connectivity index (χ1n) is 17.5. The number of hydrogen-bond acceptors (Lipinski definition) is 6. The van der Waals surface area contributed by atoms with E-state index in [2.05, 4.69) is 98.5 Å². The summed E-state index contributed by atoms with van der Waals surface area (Å²) in [6, 6.07) is 20.6. The molecule has 0 aliphatic carbocycles. The van der Waals surface area contributed by atoms with E-state index in [1.807, 2.05) is 33.8 Å². The van der Waals surface area contributed by atoms with Crippen molar-refractivity contribution in [2.24, 2.45) is 17.8 Å². The Balaban J connectivity index is 0.000000347. The van der Waals surface area contributed by atoms with Gasteiger partial charge >= 0.3 is 0 Å². The molecule has 0 saturated carbocycles. The van der Waals surface area contributed by atoms with Crippen molar-refractivity contribution in [1.29, 1.82) is 0 Å². The molecule has 0 amide bonds. The van der Waals surface area contributed by atoms with E-state index in [0.717, 1.165) is 65.0 Å². The van der Waals surface area contributed by atoms with E-state index in [1.165, 1.54) is 28.0 Å². The Kier molecular flexibility index (Phi) is 14.9. The first-order chi connectivity index (χ1) is 22.9. The van der Waals surface area contributed by atoms with E-state index in [-0.39, 0.29) is 48.9 Å². The number of fused-ring (bicyclic) bond motifs is 2. The van der Waals surface area contributed by atoms with Gasteiger partial charge in [0.25, 0.3) is 0 Å². The van der Waals surface area contributed by atoms with E-state index in [9.17, 15) is 9.90 Å². The van der Waals surface area contributed by atoms with Crippen LogP contribution in [0.4, 0.5) is 0 Å². The molecule has 3 aromatic heterocycles. The van der Waals surface area contributed by atoms with E-state index < -0.39 is 0 Å². The predicted molar refractivity (Wildman–Crippen MR) is 204 cm³/mol. The largest absolute Gasteiger partial charge is 0.512 e. The number of allylic oxidation sites excluding steroid dienone is 2. The van der Waals surface area contributed by atoms with E-state index in [4.69, 9.17) is 4.98 Å². The molecule has 263 valence electrons. The zero-order valence-electron chi connectivity index (χ0n) is 30.6. The minimum atomic E-state index is 0. The van der Waals surface area contributed by atoms with Crippen LogP contribution in [0, 0.1) is 23.8 Å². The summed E-state index contributed by atoms with van der Waals surface area (Å²) in [6.45, 7) is 19.3. The fraction of sp³-hybridized carbons (Fsp3) is 0.429. The van der Waals surface area contributed by atoms with Crippen molar-refractivity contribution in [3.05, 3.63) is 89.3 Å². The van der Waals surface area contributed by atoms with Crippen molar-refractivity contribution >= 4 is 38.1 Å². The summed E-state index contributed by atoms with van der Waals surface area (Å²) in [7, 11) is 0. The molecule has 0 aliphatic heterocycles. The molecule has 5 nitrogen and oxygen atoms in total. The summed E-state index contributed by atoms with van der Waals surface area (Å²) < 4.78 is 0. The third-order valence-corrected chi connectivity index (χ3v) is 9.95. The van der Waals surface area contributed by atoms with Crippen LogP contribution >= 0.6 is 11.3 Å². The standard InChI is InChI=1S/C29H28N3S.C13H24O2.Ir/c1-18(2)12-21-16-33-28-23(21)10-11-25(32-28)27-15-26(30-17-31-27)20-13-19-8-6-7-9-22(19)24(14-20)29(3,4)5;1-5-10(6-2)12(14)9-13(15)11(7-3)8-4;/h6-11,14-18H,12H2,1-5H3;9-11,14H,5-8H2,1-4H3;/q-1;;/b;12-9-;. The number of ketones is 1. The number of aliphatic hydroxyl groups is 1. The summed E-state index contributed by atoms with van der Waals surface area (Å²) in [5.41, 5.74) is 6.25. The quantitative estimate of drug-likeness (QED) is 0.0814. The molecule has 1 N–H and O–H groups in total. The van der Waals surface area contributed by atoms with Gasteiger partial charge in [-0.2, -0.15) is 0 Å². The van der Waals surface area contributed by atoms with E-state index in [1.54, 1.807) is 17.7 Å². The van der Waals surface area contributed by atoms with Crippen molar-refractivity contribution in [1.82, 2.24) is 15.0 Å². The molecule has 0 aliphatic rings. The van der Waals surface area contributed by atoms with Gasteiger partial charge in [0.15, 0.2) is 5.78 Å². The summed E-state index contributed by atoms with van der Waals surface area (Å²) in [6.07, 6.45) is 7.62.